The zero-order valence-corrected chi connectivity index (χ0v) is 50.3. The van der Waals surface area contributed by atoms with Crippen LogP contribution in [0.15, 0.2) is 85.1 Å². The van der Waals surface area contributed by atoms with Crippen LogP contribution in [0.2, 0.25) is 0 Å². The van der Waals surface area contributed by atoms with Crippen molar-refractivity contribution in [1.29, 1.82) is 0 Å². The molecule has 0 bridgehead atoms. The normalized spacial score (nSPS) is 12.6. The lowest BCUT2D eigenvalue weighted by atomic mass is 10.0. The number of carbonyl (C=O) groups is 3. The van der Waals surface area contributed by atoms with E-state index in [2.05, 4.69) is 106 Å². The molecule has 0 heterocycles. The summed E-state index contributed by atoms with van der Waals surface area (Å²) < 4.78 is 16.8. The van der Waals surface area contributed by atoms with Crippen LogP contribution in [0.1, 0.15) is 323 Å². The van der Waals surface area contributed by atoms with Crippen molar-refractivity contribution >= 4 is 17.9 Å². The minimum atomic E-state index is -0.791. The Morgan fingerprint density at radius 1 is 0.276 bits per heavy atom. The maximum Gasteiger partial charge on any atom is 0.306 e. The highest BCUT2D eigenvalue weighted by molar-refractivity contribution is 5.71. The summed E-state index contributed by atoms with van der Waals surface area (Å²) in [5.41, 5.74) is 0. The zero-order valence-electron chi connectivity index (χ0n) is 50.3. The molecule has 0 amide bonds. The third-order valence-electron chi connectivity index (χ3n) is 14.1. The Balaban J connectivity index is 4.11. The molecule has 0 N–H and O–H groups in total. The first-order valence-corrected chi connectivity index (χ1v) is 32.6. The Labute approximate surface area is 471 Å². The molecule has 0 aliphatic heterocycles. The van der Waals surface area contributed by atoms with Gasteiger partial charge in [-0.25, -0.2) is 0 Å². The second kappa shape index (κ2) is 64.1. The highest BCUT2D eigenvalue weighted by Gasteiger charge is 2.19. The van der Waals surface area contributed by atoms with Crippen molar-refractivity contribution in [3.63, 3.8) is 0 Å². The Morgan fingerprint density at radius 2 is 0.513 bits per heavy atom. The van der Waals surface area contributed by atoms with Crippen LogP contribution >= 0.6 is 0 Å². The Hall–Kier alpha value is -3.41. The van der Waals surface area contributed by atoms with Gasteiger partial charge in [-0.3, -0.25) is 14.4 Å². The standard InChI is InChI=1S/C70H122O6/c1-4-7-10-13-16-19-21-23-25-27-29-30-31-32-33-34-35-36-37-38-39-40-42-43-45-47-49-51-54-57-60-63-69(72)75-66-67(65-74-68(71)62-59-56-53-18-15-12-9-6-3)76-70(73)64-61-58-55-52-50-48-46-44-41-28-26-24-22-20-17-14-11-8-5-2/h8,11,17,20-21,23-24,26-27,29,41,44,48,50,67H,4-7,9-10,12-16,18-19,22,25,28,30-40,42-43,45-47,49,51-66H2,1-3H3/b11-8-,20-17-,23-21-,26-24-,29-27-,44-41-,50-48-. The van der Waals surface area contributed by atoms with Crippen molar-refractivity contribution in [2.45, 2.75) is 329 Å². The lowest BCUT2D eigenvalue weighted by Gasteiger charge is -2.18. The third-order valence-corrected chi connectivity index (χ3v) is 14.1. The van der Waals surface area contributed by atoms with Crippen molar-refractivity contribution in [3.8, 4) is 0 Å². The molecule has 0 aliphatic rings. The van der Waals surface area contributed by atoms with Crippen molar-refractivity contribution < 1.29 is 28.6 Å². The lowest BCUT2D eigenvalue weighted by molar-refractivity contribution is -0.167. The van der Waals surface area contributed by atoms with Crippen LogP contribution < -0.4 is 0 Å². The number of esters is 3. The van der Waals surface area contributed by atoms with E-state index in [0.29, 0.717) is 19.3 Å². The minimum Gasteiger partial charge on any atom is -0.462 e. The van der Waals surface area contributed by atoms with Gasteiger partial charge in [-0.15, -0.1) is 0 Å². The van der Waals surface area contributed by atoms with Gasteiger partial charge in [-0.2, -0.15) is 0 Å². The molecular formula is C70H122O6. The average Bonchev–Trinajstić information content (AvgIpc) is 3.42. The molecule has 6 heteroatoms. The zero-order chi connectivity index (χ0) is 55.0. The third kappa shape index (κ3) is 61.4. The van der Waals surface area contributed by atoms with Gasteiger partial charge in [0.1, 0.15) is 13.2 Å². The number of ether oxygens (including phenoxy) is 3. The van der Waals surface area contributed by atoms with Gasteiger partial charge in [0, 0.05) is 19.3 Å². The van der Waals surface area contributed by atoms with E-state index in [1.165, 1.54) is 180 Å². The number of allylic oxidation sites excluding steroid dienone is 14. The predicted molar refractivity (Wildman–Crippen MR) is 330 cm³/mol. The molecule has 0 fully saturated rings. The molecule has 0 rings (SSSR count). The number of unbranched alkanes of at least 4 members (excludes halogenated alkanes) is 34. The van der Waals surface area contributed by atoms with E-state index in [4.69, 9.17) is 14.2 Å². The van der Waals surface area contributed by atoms with Crippen LogP contribution in [-0.2, 0) is 28.6 Å². The SMILES string of the molecule is CC/C=C\C/C=C\C/C=C\C/C=C\C/C=C\CCCCCC(=O)OC(COC(=O)CCCCCCCCCC)COC(=O)CCCCCCCCCCCCCCCCCCCCC/C=C\C/C=C\CCCCCCC. The summed E-state index contributed by atoms with van der Waals surface area (Å²) in [6, 6.07) is 0. The molecule has 1 unspecified atom stereocenters. The summed E-state index contributed by atoms with van der Waals surface area (Å²) in [7, 11) is 0. The van der Waals surface area contributed by atoms with Crippen LogP contribution in [0.25, 0.3) is 0 Å². The van der Waals surface area contributed by atoms with Crippen molar-refractivity contribution in [2.24, 2.45) is 0 Å². The maximum absolute atomic E-state index is 12.8. The number of hydrogen-bond acceptors (Lipinski definition) is 6. The van der Waals surface area contributed by atoms with Crippen LogP contribution in [0.3, 0.4) is 0 Å². The highest BCUT2D eigenvalue weighted by atomic mass is 16.6. The molecule has 0 radical (unpaired) electrons. The van der Waals surface area contributed by atoms with Gasteiger partial charge in [0.05, 0.1) is 0 Å². The molecule has 0 spiro atoms. The second-order valence-electron chi connectivity index (χ2n) is 21.6. The topological polar surface area (TPSA) is 78.9 Å². The molecule has 0 aromatic carbocycles. The van der Waals surface area contributed by atoms with Crippen LogP contribution in [0, 0.1) is 0 Å². The smallest absolute Gasteiger partial charge is 0.306 e. The molecule has 438 valence electrons. The molecule has 0 aliphatic carbocycles. The summed E-state index contributed by atoms with van der Waals surface area (Å²) in [5.74, 6) is -0.912. The molecule has 76 heavy (non-hydrogen) atoms. The first kappa shape index (κ1) is 72.6. The Bertz CT molecular complexity index is 1450. The average molecular weight is 1060 g/mol. The van der Waals surface area contributed by atoms with Gasteiger partial charge in [0.25, 0.3) is 0 Å². The van der Waals surface area contributed by atoms with Crippen LogP contribution in [0.4, 0.5) is 0 Å². The number of rotatable bonds is 59. The fourth-order valence-corrected chi connectivity index (χ4v) is 9.27. The Morgan fingerprint density at radius 3 is 0.816 bits per heavy atom. The van der Waals surface area contributed by atoms with E-state index in [1.54, 1.807) is 0 Å². The van der Waals surface area contributed by atoms with E-state index < -0.39 is 6.10 Å². The molecule has 0 aromatic heterocycles. The maximum atomic E-state index is 12.8. The summed E-state index contributed by atoms with van der Waals surface area (Å²) in [4.78, 5) is 38.1. The minimum absolute atomic E-state index is 0.0868. The van der Waals surface area contributed by atoms with E-state index in [-0.39, 0.29) is 31.1 Å². The van der Waals surface area contributed by atoms with Crippen molar-refractivity contribution in [3.05, 3.63) is 85.1 Å². The van der Waals surface area contributed by atoms with E-state index in [9.17, 15) is 14.4 Å². The van der Waals surface area contributed by atoms with E-state index in [1.807, 2.05) is 0 Å². The summed E-state index contributed by atoms with van der Waals surface area (Å²) in [5, 5.41) is 0. The summed E-state index contributed by atoms with van der Waals surface area (Å²) >= 11 is 0. The molecule has 0 aromatic rings. The lowest BCUT2D eigenvalue weighted by Crippen LogP contribution is -2.30. The fourth-order valence-electron chi connectivity index (χ4n) is 9.27. The largest absolute Gasteiger partial charge is 0.462 e. The first-order chi connectivity index (χ1) is 37.5. The van der Waals surface area contributed by atoms with Gasteiger partial charge in [0.15, 0.2) is 6.10 Å². The summed E-state index contributed by atoms with van der Waals surface area (Å²) in [6.07, 6.45) is 84.8. The van der Waals surface area contributed by atoms with Crippen molar-refractivity contribution in [1.82, 2.24) is 0 Å². The number of carbonyl (C=O) groups excluding carboxylic acids is 3. The molecular weight excluding hydrogens is 937 g/mol. The second-order valence-corrected chi connectivity index (χ2v) is 21.6. The van der Waals surface area contributed by atoms with Gasteiger partial charge in [0.2, 0.25) is 0 Å². The number of hydrogen-bond donors (Lipinski definition) is 0. The van der Waals surface area contributed by atoms with Gasteiger partial charge in [-0.1, -0.05) is 292 Å². The highest BCUT2D eigenvalue weighted by Crippen LogP contribution is 2.17. The van der Waals surface area contributed by atoms with E-state index in [0.717, 1.165) is 103 Å². The molecule has 6 nitrogen and oxygen atoms in total. The first-order valence-electron chi connectivity index (χ1n) is 32.6. The molecule has 0 saturated carbocycles. The van der Waals surface area contributed by atoms with Gasteiger partial charge < -0.3 is 14.2 Å². The van der Waals surface area contributed by atoms with Crippen molar-refractivity contribution in [2.75, 3.05) is 13.2 Å². The monoisotopic (exact) mass is 1060 g/mol. The Kier molecular flexibility index (Phi) is 61.2. The van der Waals surface area contributed by atoms with Crippen LogP contribution in [0.5, 0.6) is 0 Å². The van der Waals surface area contributed by atoms with Gasteiger partial charge >= 0.3 is 17.9 Å². The van der Waals surface area contributed by atoms with E-state index >= 15 is 0 Å². The fraction of sp³-hybridized carbons (Fsp3) is 0.757. The van der Waals surface area contributed by atoms with Gasteiger partial charge in [-0.05, 0) is 96.3 Å². The molecule has 0 saturated heterocycles. The predicted octanol–water partition coefficient (Wildman–Crippen LogP) is 22.3. The summed E-state index contributed by atoms with van der Waals surface area (Å²) in [6.45, 7) is 6.49. The quantitative estimate of drug-likeness (QED) is 0.0261. The van der Waals surface area contributed by atoms with Crippen LogP contribution in [-0.4, -0.2) is 37.2 Å². The molecule has 1 atom stereocenters.